The summed E-state index contributed by atoms with van der Waals surface area (Å²) >= 11 is 0. The third-order valence-corrected chi connectivity index (χ3v) is 3.06. The van der Waals surface area contributed by atoms with Crippen molar-refractivity contribution in [1.82, 2.24) is 9.97 Å². The molecule has 2 rings (SSSR count). The van der Waals surface area contributed by atoms with E-state index in [9.17, 15) is 0 Å². The average molecular weight is 222 g/mol. The fourth-order valence-electron chi connectivity index (χ4n) is 1.93. The average Bonchev–Trinajstić information content (AvgIpc) is 2.26. The van der Waals surface area contributed by atoms with Crippen molar-refractivity contribution in [2.75, 3.05) is 30.4 Å². The number of rotatable bonds is 5. The summed E-state index contributed by atoms with van der Waals surface area (Å²) in [6, 6.07) is 2.46. The van der Waals surface area contributed by atoms with Crippen molar-refractivity contribution >= 4 is 11.6 Å². The highest BCUT2D eigenvalue weighted by molar-refractivity contribution is 5.49. The Morgan fingerprint density at radius 1 is 1.50 bits per heavy atom. The maximum Gasteiger partial charge on any atom is 0.134 e. The van der Waals surface area contributed by atoms with Gasteiger partial charge in [-0.1, -0.05) is 0 Å². The first kappa shape index (κ1) is 11.1. The first-order valence-corrected chi connectivity index (χ1v) is 5.72. The summed E-state index contributed by atoms with van der Waals surface area (Å²) in [4.78, 5) is 10.5. The number of aliphatic hydroxyl groups excluding tert-OH is 1. The minimum absolute atomic E-state index is 0.162. The molecule has 5 heteroatoms. The zero-order chi connectivity index (χ0) is 11.4. The van der Waals surface area contributed by atoms with Crippen LogP contribution >= 0.6 is 0 Å². The van der Waals surface area contributed by atoms with Crippen molar-refractivity contribution in [3.8, 4) is 0 Å². The van der Waals surface area contributed by atoms with Gasteiger partial charge in [0.25, 0.3) is 0 Å². The molecule has 1 aliphatic rings. The number of aliphatic hydroxyl groups is 1. The molecule has 16 heavy (non-hydrogen) atoms. The van der Waals surface area contributed by atoms with Gasteiger partial charge in [-0.05, 0) is 19.3 Å². The Labute approximate surface area is 95.5 Å². The zero-order valence-corrected chi connectivity index (χ0v) is 9.56. The topological polar surface area (TPSA) is 61.3 Å². The van der Waals surface area contributed by atoms with Crippen molar-refractivity contribution < 1.29 is 5.11 Å². The molecule has 0 bridgehead atoms. The molecule has 88 valence electrons. The summed E-state index contributed by atoms with van der Waals surface area (Å²) in [5, 5.41) is 12.1. The normalized spacial score (nSPS) is 15.6. The smallest absolute Gasteiger partial charge is 0.134 e. The van der Waals surface area contributed by atoms with Gasteiger partial charge in [-0.15, -0.1) is 0 Å². The molecule has 1 aliphatic carbocycles. The van der Waals surface area contributed by atoms with Gasteiger partial charge >= 0.3 is 0 Å². The number of hydrogen-bond acceptors (Lipinski definition) is 5. The van der Waals surface area contributed by atoms with Gasteiger partial charge in [-0.25, -0.2) is 9.97 Å². The molecule has 0 saturated heterocycles. The summed E-state index contributed by atoms with van der Waals surface area (Å²) in [7, 11) is 1.84. The molecular weight excluding hydrogens is 204 g/mol. The Morgan fingerprint density at radius 2 is 2.31 bits per heavy atom. The second-order valence-corrected chi connectivity index (χ2v) is 4.01. The van der Waals surface area contributed by atoms with Gasteiger partial charge in [0.05, 0.1) is 6.61 Å². The molecule has 5 nitrogen and oxygen atoms in total. The third kappa shape index (κ3) is 2.24. The quantitative estimate of drug-likeness (QED) is 0.774. The minimum atomic E-state index is 0.162. The summed E-state index contributed by atoms with van der Waals surface area (Å²) in [5.41, 5.74) is 0. The molecule has 0 radical (unpaired) electrons. The summed E-state index contributed by atoms with van der Waals surface area (Å²) in [6.07, 6.45) is 5.22. The van der Waals surface area contributed by atoms with E-state index in [1.54, 1.807) is 6.33 Å². The van der Waals surface area contributed by atoms with Crippen molar-refractivity contribution in [1.29, 1.82) is 0 Å². The van der Waals surface area contributed by atoms with Gasteiger partial charge in [0.15, 0.2) is 0 Å². The largest absolute Gasteiger partial charge is 0.395 e. The van der Waals surface area contributed by atoms with Gasteiger partial charge in [-0.3, -0.25) is 0 Å². The standard InChI is InChI=1S/C11H18N4O/c1-12-10-7-11(14-8-13-10)15(5-6-16)9-3-2-4-9/h7-9,16H,2-6H2,1H3,(H,12,13,14). The monoisotopic (exact) mass is 222 g/mol. The molecule has 0 aliphatic heterocycles. The molecular formula is C11H18N4O. The number of nitrogens with zero attached hydrogens (tertiary/aromatic N) is 3. The fourth-order valence-corrected chi connectivity index (χ4v) is 1.93. The van der Waals surface area contributed by atoms with E-state index in [1.165, 1.54) is 19.3 Å². The van der Waals surface area contributed by atoms with Gasteiger partial charge in [0, 0.05) is 25.7 Å². The highest BCUT2D eigenvalue weighted by Gasteiger charge is 2.25. The van der Waals surface area contributed by atoms with E-state index in [2.05, 4.69) is 20.2 Å². The lowest BCUT2D eigenvalue weighted by Gasteiger charge is -2.38. The maximum absolute atomic E-state index is 9.09. The van der Waals surface area contributed by atoms with Crippen LogP contribution in [0.3, 0.4) is 0 Å². The molecule has 0 atom stereocenters. The second-order valence-electron chi connectivity index (χ2n) is 4.01. The molecule has 0 amide bonds. The van der Waals surface area contributed by atoms with E-state index in [-0.39, 0.29) is 6.61 Å². The predicted molar refractivity (Wildman–Crippen MR) is 63.6 cm³/mol. The Hall–Kier alpha value is -1.36. The van der Waals surface area contributed by atoms with Crippen LogP contribution in [0.1, 0.15) is 19.3 Å². The van der Waals surface area contributed by atoms with Crippen molar-refractivity contribution in [2.45, 2.75) is 25.3 Å². The lowest BCUT2D eigenvalue weighted by molar-refractivity contribution is 0.283. The zero-order valence-electron chi connectivity index (χ0n) is 9.56. The van der Waals surface area contributed by atoms with Crippen LogP contribution in [0.5, 0.6) is 0 Å². The van der Waals surface area contributed by atoms with E-state index in [4.69, 9.17) is 5.11 Å². The Kier molecular flexibility index (Phi) is 3.56. The second kappa shape index (κ2) is 5.12. The van der Waals surface area contributed by atoms with E-state index in [0.717, 1.165) is 11.6 Å². The van der Waals surface area contributed by atoms with Gasteiger partial charge < -0.3 is 15.3 Å². The van der Waals surface area contributed by atoms with Crippen molar-refractivity contribution in [3.63, 3.8) is 0 Å². The molecule has 0 aromatic carbocycles. The first-order valence-electron chi connectivity index (χ1n) is 5.72. The van der Waals surface area contributed by atoms with E-state index in [1.807, 2.05) is 13.1 Å². The molecule has 1 heterocycles. The van der Waals surface area contributed by atoms with Crippen LogP contribution in [0.2, 0.25) is 0 Å². The number of anilines is 2. The van der Waals surface area contributed by atoms with Crippen LogP contribution in [0, 0.1) is 0 Å². The fraction of sp³-hybridized carbons (Fsp3) is 0.636. The molecule has 0 spiro atoms. The number of nitrogens with one attached hydrogen (secondary N) is 1. The van der Waals surface area contributed by atoms with Crippen LogP contribution in [0.15, 0.2) is 12.4 Å². The lowest BCUT2D eigenvalue weighted by Crippen LogP contribution is -2.42. The highest BCUT2D eigenvalue weighted by Crippen LogP contribution is 2.28. The lowest BCUT2D eigenvalue weighted by atomic mass is 9.91. The molecule has 1 aromatic heterocycles. The summed E-state index contributed by atoms with van der Waals surface area (Å²) < 4.78 is 0. The number of hydrogen-bond donors (Lipinski definition) is 2. The van der Waals surface area contributed by atoms with Crippen LogP contribution in [0.4, 0.5) is 11.6 Å². The molecule has 1 aromatic rings. The Bertz CT molecular complexity index is 341. The van der Waals surface area contributed by atoms with Crippen LogP contribution in [-0.4, -0.2) is 41.3 Å². The Balaban J connectivity index is 2.16. The minimum Gasteiger partial charge on any atom is -0.395 e. The molecule has 1 fully saturated rings. The third-order valence-electron chi connectivity index (χ3n) is 3.06. The van der Waals surface area contributed by atoms with Crippen molar-refractivity contribution in [3.05, 3.63) is 12.4 Å². The van der Waals surface area contributed by atoms with E-state index in [0.29, 0.717) is 12.6 Å². The van der Waals surface area contributed by atoms with Crippen LogP contribution in [0.25, 0.3) is 0 Å². The van der Waals surface area contributed by atoms with Gasteiger partial charge in [0.2, 0.25) is 0 Å². The molecule has 0 unspecified atom stereocenters. The molecule has 1 saturated carbocycles. The SMILES string of the molecule is CNc1cc(N(CCO)C2CCC2)ncn1. The number of aromatic nitrogens is 2. The maximum atomic E-state index is 9.09. The van der Waals surface area contributed by atoms with Crippen molar-refractivity contribution in [2.24, 2.45) is 0 Å². The van der Waals surface area contributed by atoms with E-state index >= 15 is 0 Å². The van der Waals surface area contributed by atoms with Crippen LogP contribution in [-0.2, 0) is 0 Å². The van der Waals surface area contributed by atoms with Crippen LogP contribution < -0.4 is 10.2 Å². The first-order chi connectivity index (χ1) is 7.85. The molecule has 2 N–H and O–H groups in total. The van der Waals surface area contributed by atoms with Gasteiger partial charge in [-0.2, -0.15) is 0 Å². The Morgan fingerprint density at radius 3 is 2.88 bits per heavy atom. The highest BCUT2D eigenvalue weighted by atomic mass is 16.3. The van der Waals surface area contributed by atoms with Gasteiger partial charge in [0.1, 0.15) is 18.0 Å². The van der Waals surface area contributed by atoms with E-state index < -0.39 is 0 Å². The summed E-state index contributed by atoms with van der Waals surface area (Å²) in [6.45, 7) is 0.806. The summed E-state index contributed by atoms with van der Waals surface area (Å²) in [5.74, 6) is 1.71. The predicted octanol–water partition coefficient (Wildman–Crippen LogP) is 0.870.